The van der Waals surface area contributed by atoms with Crippen LogP contribution in [0.15, 0.2) is 29.1 Å². The second-order valence-corrected chi connectivity index (χ2v) is 8.25. The molecule has 158 valence electrons. The molecule has 1 aromatic carbocycles. The maximum absolute atomic E-state index is 13.2. The number of likely N-dealkylation sites (tertiary alicyclic amines) is 1. The number of fused-ring (bicyclic) bond motifs is 1. The van der Waals surface area contributed by atoms with E-state index in [0.717, 1.165) is 19.3 Å². The van der Waals surface area contributed by atoms with Crippen molar-refractivity contribution in [3.63, 3.8) is 0 Å². The van der Waals surface area contributed by atoms with Crippen molar-refractivity contribution in [3.05, 3.63) is 62.3 Å². The van der Waals surface area contributed by atoms with E-state index in [1.54, 1.807) is 34.1 Å². The number of piperidine rings is 1. The molecule has 30 heavy (non-hydrogen) atoms. The molecule has 2 aliphatic heterocycles. The first-order valence-corrected chi connectivity index (χ1v) is 10.8. The Morgan fingerprint density at radius 2 is 2.10 bits per heavy atom. The van der Waals surface area contributed by atoms with E-state index in [1.807, 2.05) is 6.92 Å². The Balaban J connectivity index is 1.66. The van der Waals surface area contributed by atoms with Crippen molar-refractivity contribution in [2.45, 2.75) is 51.6 Å². The zero-order valence-corrected chi connectivity index (χ0v) is 17.7. The fraction of sp³-hybridized carbons (Fsp3) is 0.455. The van der Waals surface area contributed by atoms with Gasteiger partial charge in [0.25, 0.3) is 11.5 Å². The van der Waals surface area contributed by atoms with Gasteiger partial charge >= 0.3 is 0 Å². The second-order valence-electron chi connectivity index (χ2n) is 7.82. The maximum Gasteiger partial charge on any atom is 0.254 e. The molecule has 0 spiro atoms. The highest BCUT2D eigenvalue weighted by molar-refractivity contribution is 6.30. The third-order valence-electron chi connectivity index (χ3n) is 5.90. The number of hydrogen-bond acceptors (Lipinski definition) is 4. The SMILES string of the molecule is CCC(=O)N1CCc2c(nc(C3CCCCN3C(=O)c3cccc(Cl)c3)[nH]c2=O)C1. The molecule has 3 heterocycles. The van der Waals surface area contributed by atoms with Crippen molar-refractivity contribution >= 4 is 23.4 Å². The van der Waals surface area contributed by atoms with E-state index in [2.05, 4.69) is 4.98 Å². The number of nitrogens with zero attached hydrogens (tertiary/aromatic N) is 3. The van der Waals surface area contributed by atoms with E-state index in [1.165, 1.54) is 0 Å². The lowest BCUT2D eigenvalue weighted by Crippen LogP contribution is -2.42. The predicted molar refractivity (Wildman–Crippen MR) is 113 cm³/mol. The van der Waals surface area contributed by atoms with Crippen LogP contribution in [0, 0.1) is 0 Å². The Hall–Kier alpha value is -2.67. The molecule has 2 aromatic rings. The van der Waals surface area contributed by atoms with Crippen LogP contribution in [-0.4, -0.2) is 44.7 Å². The van der Waals surface area contributed by atoms with Gasteiger partial charge in [0, 0.05) is 35.7 Å². The van der Waals surface area contributed by atoms with Crippen LogP contribution in [0.25, 0.3) is 0 Å². The summed E-state index contributed by atoms with van der Waals surface area (Å²) in [5.74, 6) is 0.435. The Morgan fingerprint density at radius 3 is 2.87 bits per heavy atom. The van der Waals surface area contributed by atoms with E-state index >= 15 is 0 Å². The molecule has 1 unspecified atom stereocenters. The summed E-state index contributed by atoms with van der Waals surface area (Å²) in [5, 5.41) is 0.510. The maximum atomic E-state index is 13.2. The lowest BCUT2D eigenvalue weighted by Gasteiger charge is -2.36. The van der Waals surface area contributed by atoms with Gasteiger partial charge in [-0.2, -0.15) is 0 Å². The number of amides is 2. The topological polar surface area (TPSA) is 86.4 Å². The number of carbonyl (C=O) groups excluding carboxylic acids is 2. The minimum Gasteiger partial charge on any atom is -0.336 e. The van der Waals surface area contributed by atoms with Gasteiger partial charge in [-0.05, 0) is 43.9 Å². The highest BCUT2D eigenvalue weighted by Gasteiger charge is 2.32. The molecule has 1 fully saturated rings. The fourth-order valence-corrected chi connectivity index (χ4v) is 4.49. The highest BCUT2D eigenvalue weighted by atomic mass is 35.5. The molecule has 1 N–H and O–H groups in total. The van der Waals surface area contributed by atoms with Gasteiger partial charge < -0.3 is 14.8 Å². The van der Waals surface area contributed by atoms with E-state index in [9.17, 15) is 14.4 Å². The van der Waals surface area contributed by atoms with Gasteiger partial charge in [0.1, 0.15) is 5.82 Å². The number of nitrogens with one attached hydrogen (secondary N) is 1. The number of halogens is 1. The molecule has 7 nitrogen and oxygen atoms in total. The molecule has 0 bridgehead atoms. The first-order chi connectivity index (χ1) is 14.5. The summed E-state index contributed by atoms with van der Waals surface area (Å²) in [4.78, 5) is 49.2. The molecule has 1 aromatic heterocycles. The van der Waals surface area contributed by atoms with Crippen LogP contribution >= 0.6 is 11.6 Å². The lowest BCUT2D eigenvalue weighted by molar-refractivity contribution is -0.131. The second kappa shape index (κ2) is 8.60. The van der Waals surface area contributed by atoms with Gasteiger partial charge in [0.2, 0.25) is 5.91 Å². The summed E-state index contributed by atoms with van der Waals surface area (Å²) in [6, 6.07) is 6.59. The minimum absolute atomic E-state index is 0.0553. The van der Waals surface area contributed by atoms with E-state index in [4.69, 9.17) is 16.6 Å². The largest absolute Gasteiger partial charge is 0.336 e. The Morgan fingerprint density at radius 1 is 1.27 bits per heavy atom. The van der Waals surface area contributed by atoms with Crippen molar-refractivity contribution < 1.29 is 9.59 Å². The van der Waals surface area contributed by atoms with Gasteiger partial charge in [-0.15, -0.1) is 0 Å². The predicted octanol–water partition coefficient (Wildman–Crippen LogP) is 3.09. The van der Waals surface area contributed by atoms with Gasteiger partial charge in [-0.25, -0.2) is 4.98 Å². The molecule has 2 amide bonds. The molecular formula is C22H25ClN4O3. The summed E-state index contributed by atoms with van der Waals surface area (Å²) in [7, 11) is 0. The normalized spacial score (nSPS) is 18.8. The Kier molecular flexibility index (Phi) is 5.90. The number of carbonyl (C=O) groups is 2. The van der Waals surface area contributed by atoms with E-state index < -0.39 is 0 Å². The molecular weight excluding hydrogens is 404 g/mol. The number of benzene rings is 1. The lowest BCUT2D eigenvalue weighted by atomic mass is 9.99. The van der Waals surface area contributed by atoms with E-state index in [-0.39, 0.29) is 23.4 Å². The van der Waals surface area contributed by atoms with Gasteiger partial charge in [0.05, 0.1) is 18.3 Å². The highest BCUT2D eigenvalue weighted by Crippen LogP contribution is 2.31. The van der Waals surface area contributed by atoms with Crippen molar-refractivity contribution in [1.29, 1.82) is 0 Å². The van der Waals surface area contributed by atoms with Gasteiger partial charge in [0.15, 0.2) is 0 Å². The Bertz CT molecular complexity index is 1040. The standard InChI is InChI=1S/C22H25ClN4O3/c1-2-19(28)26-11-9-16-17(13-26)24-20(25-21(16)29)18-8-3-4-10-27(18)22(30)14-6-5-7-15(23)12-14/h5-7,12,18H,2-4,8-11,13H2,1H3,(H,24,25,29). The van der Waals surface area contributed by atoms with Crippen molar-refractivity contribution in [2.75, 3.05) is 13.1 Å². The first kappa shape index (κ1) is 20.6. The molecule has 1 atom stereocenters. The monoisotopic (exact) mass is 428 g/mol. The number of hydrogen-bond donors (Lipinski definition) is 1. The quantitative estimate of drug-likeness (QED) is 0.813. The summed E-state index contributed by atoms with van der Waals surface area (Å²) < 4.78 is 0. The fourth-order valence-electron chi connectivity index (χ4n) is 4.30. The van der Waals surface area contributed by atoms with Gasteiger partial charge in [-0.1, -0.05) is 24.6 Å². The third kappa shape index (κ3) is 3.99. The summed E-state index contributed by atoms with van der Waals surface area (Å²) in [5.41, 5.74) is 1.64. The van der Waals surface area contributed by atoms with E-state index in [0.29, 0.717) is 60.1 Å². The molecule has 4 rings (SSSR count). The van der Waals surface area contributed by atoms with Crippen LogP contribution in [-0.2, 0) is 17.8 Å². The first-order valence-electron chi connectivity index (χ1n) is 10.4. The van der Waals surface area contributed by atoms with Gasteiger partial charge in [-0.3, -0.25) is 14.4 Å². The molecule has 2 aliphatic rings. The van der Waals surface area contributed by atoms with Crippen LogP contribution < -0.4 is 5.56 Å². The van der Waals surface area contributed by atoms with Crippen LogP contribution in [0.1, 0.15) is 66.1 Å². The Labute approximate surface area is 180 Å². The molecule has 0 radical (unpaired) electrons. The number of H-pyrrole nitrogens is 1. The summed E-state index contributed by atoms with van der Waals surface area (Å²) >= 11 is 6.07. The number of rotatable bonds is 3. The zero-order valence-electron chi connectivity index (χ0n) is 17.0. The van der Waals surface area contributed by atoms with Crippen LogP contribution in [0.3, 0.4) is 0 Å². The molecule has 8 heteroatoms. The molecule has 0 saturated carbocycles. The molecule has 1 saturated heterocycles. The zero-order chi connectivity index (χ0) is 21.3. The van der Waals surface area contributed by atoms with Crippen LogP contribution in [0.2, 0.25) is 5.02 Å². The van der Waals surface area contributed by atoms with Crippen molar-refractivity contribution in [1.82, 2.24) is 19.8 Å². The smallest absolute Gasteiger partial charge is 0.254 e. The van der Waals surface area contributed by atoms with Crippen molar-refractivity contribution in [2.24, 2.45) is 0 Å². The minimum atomic E-state index is -0.305. The number of aromatic amines is 1. The number of aromatic nitrogens is 2. The average molecular weight is 429 g/mol. The summed E-state index contributed by atoms with van der Waals surface area (Å²) in [6.45, 7) is 3.30. The average Bonchev–Trinajstić information content (AvgIpc) is 2.77. The van der Waals surface area contributed by atoms with Crippen LogP contribution in [0.5, 0.6) is 0 Å². The van der Waals surface area contributed by atoms with Crippen LogP contribution in [0.4, 0.5) is 0 Å². The summed E-state index contributed by atoms with van der Waals surface area (Å²) in [6.07, 6.45) is 3.50. The van der Waals surface area contributed by atoms with Crippen molar-refractivity contribution in [3.8, 4) is 0 Å². The molecule has 0 aliphatic carbocycles. The third-order valence-corrected chi connectivity index (χ3v) is 6.13.